The quantitative estimate of drug-likeness (QED) is 0.755. The molecule has 0 fully saturated rings. The van der Waals surface area contributed by atoms with Crippen molar-refractivity contribution in [2.45, 2.75) is 6.10 Å². The smallest absolute Gasteiger partial charge is 0.351 e. The van der Waals surface area contributed by atoms with Crippen LogP contribution in [0.5, 0.6) is 0 Å². The van der Waals surface area contributed by atoms with E-state index < -0.39 is 17.5 Å². The second-order valence-electron chi connectivity index (χ2n) is 4.68. The van der Waals surface area contributed by atoms with Crippen LogP contribution < -0.4 is 16.7 Å². The number of halogens is 1. The Morgan fingerprint density at radius 3 is 2.14 bits per heavy atom. The van der Waals surface area contributed by atoms with Crippen LogP contribution in [0.3, 0.4) is 0 Å². The number of nitrogens with one attached hydrogen (secondary N) is 1. The van der Waals surface area contributed by atoms with Gasteiger partial charge in [-0.1, -0.05) is 0 Å². The maximum atomic E-state index is 12.0. The third-order valence-electron chi connectivity index (χ3n) is 3.23. The molecule has 0 amide bonds. The summed E-state index contributed by atoms with van der Waals surface area (Å²) in [5.74, 6) is 0.153. The van der Waals surface area contributed by atoms with E-state index in [4.69, 9.17) is 11.6 Å². The van der Waals surface area contributed by atoms with E-state index >= 15 is 0 Å². The minimum atomic E-state index is -0.629. The number of benzene rings is 1. The van der Waals surface area contributed by atoms with Gasteiger partial charge < -0.3 is 10.4 Å². The van der Waals surface area contributed by atoms with Crippen LogP contribution in [0.15, 0.2) is 33.9 Å². The number of aromatic nitrogens is 3. The van der Waals surface area contributed by atoms with E-state index in [-0.39, 0.29) is 5.88 Å². The molecule has 0 bridgehead atoms. The highest BCUT2D eigenvalue weighted by molar-refractivity contribution is 6.18. The zero-order valence-electron chi connectivity index (χ0n) is 11.8. The summed E-state index contributed by atoms with van der Waals surface area (Å²) in [6, 6.07) is 6.79. The van der Waals surface area contributed by atoms with Crippen molar-refractivity contribution in [1.82, 2.24) is 13.9 Å². The summed E-state index contributed by atoms with van der Waals surface area (Å²) < 4.78 is 3.58. The van der Waals surface area contributed by atoms with E-state index in [1.165, 1.54) is 23.5 Å². The Hall–Kier alpha value is -1.99. The molecule has 0 aliphatic heterocycles. The summed E-state index contributed by atoms with van der Waals surface area (Å²) in [5.41, 5.74) is 0.454. The fourth-order valence-corrected chi connectivity index (χ4v) is 1.98. The zero-order valence-corrected chi connectivity index (χ0v) is 12.5. The molecule has 0 aliphatic rings. The summed E-state index contributed by atoms with van der Waals surface area (Å²) in [7, 11) is 3.06. The largest absolute Gasteiger partial charge is 0.390 e. The second kappa shape index (κ2) is 6.19. The third-order valence-corrected chi connectivity index (χ3v) is 3.59. The molecule has 0 aliphatic carbocycles. The van der Waals surface area contributed by atoms with Crippen molar-refractivity contribution >= 4 is 17.3 Å². The number of hydrogen-bond donors (Lipinski definition) is 2. The van der Waals surface area contributed by atoms with Crippen molar-refractivity contribution in [2.24, 2.45) is 14.1 Å². The topological polar surface area (TPSA) is 81.2 Å². The van der Waals surface area contributed by atoms with Gasteiger partial charge in [0.15, 0.2) is 0 Å². The van der Waals surface area contributed by atoms with E-state index in [9.17, 15) is 14.7 Å². The van der Waals surface area contributed by atoms with Gasteiger partial charge >= 0.3 is 11.4 Å². The third kappa shape index (κ3) is 3.03. The Kier molecular flexibility index (Phi) is 4.54. The molecular weight excluding hydrogens is 296 g/mol. The fourth-order valence-electron chi connectivity index (χ4n) is 1.87. The Morgan fingerprint density at radius 1 is 1.14 bits per heavy atom. The fraction of sp³-hybridized carbons (Fsp3) is 0.385. The summed E-state index contributed by atoms with van der Waals surface area (Å²) in [5, 5.41) is 12.4. The van der Waals surface area contributed by atoms with Crippen LogP contribution in [0.25, 0.3) is 5.69 Å². The van der Waals surface area contributed by atoms with Crippen molar-refractivity contribution in [2.75, 3.05) is 17.7 Å². The van der Waals surface area contributed by atoms with E-state index in [1.54, 1.807) is 24.3 Å². The van der Waals surface area contributed by atoms with E-state index in [1.807, 2.05) is 0 Å². The second-order valence-corrected chi connectivity index (χ2v) is 4.99. The predicted octanol–water partition coefficient (Wildman–Crippen LogP) is -0.114. The van der Waals surface area contributed by atoms with Crippen LogP contribution in [0.1, 0.15) is 0 Å². The highest BCUT2D eigenvalue weighted by Gasteiger charge is 2.12. The first-order valence-electron chi connectivity index (χ1n) is 6.39. The molecule has 2 rings (SSSR count). The van der Waals surface area contributed by atoms with Crippen LogP contribution >= 0.6 is 11.6 Å². The first kappa shape index (κ1) is 15.4. The molecule has 1 aromatic carbocycles. The maximum Gasteiger partial charge on any atom is 0.351 e. The Bertz CT molecular complexity index is 696. The first-order valence-corrected chi connectivity index (χ1v) is 6.92. The average molecular weight is 313 g/mol. The minimum Gasteiger partial charge on any atom is -0.390 e. The van der Waals surface area contributed by atoms with Crippen molar-refractivity contribution in [3.63, 3.8) is 0 Å². The molecule has 21 heavy (non-hydrogen) atoms. The average Bonchev–Trinajstić information content (AvgIpc) is 2.69. The molecule has 0 saturated heterocycles. The lowest BCUT2D eigenvalue weighted by molar-refractivity contribution is 0.211. The molecule has 114 valence electrons. The molecule has 1 atom stereocenters. The van der Waals surface area contributed by atoms with Gasteiger partial charge in [-0.25, -0.2) is 23.5 Å². The molecule has 8 heteroatoms. The van der Waals surface area contributed by atoms with Gasteiger partial charge in [-0.3, -0.25) is 0 Å². The van der Waals surface area contributed by atoms with Crippen molar-refractivity contribution in [3.05, 3.63) is 45.2 Å². The Balaban J connectivity index is 2.26. The molecule has 1 unspecified atom stereocenters. The minimum absolute atomic E-state index is 0.153. The summed E-state index contributed by atoms with van der Waals surface area (Å²) in [6.07, 6.45) is -0.629. The summed E-state index contributed by atoms with van der Waals surface area (Å²) in [4.78, 5) is 24.0. The predicted molar refractivity (Wildman–Crippen MR) is 81.5 cm³/mol. The molecule has 1 aromatic heterocycles. The lowest BCUT2D eigenvalue weighted by Gasteiger charge is -2.10. The number of anilines is 1. The highest BCUT2D eigenvalue weighted by Crippen LogP contribution is 2.11. The maximum absolute atomic E-state index is 12.0. The zero-order chi connectivity index (χ0) is 15.6. The number of aliphatic hydroxyl groups excluding tert-OH is 1. The van der Waals surface area contributed by atoms with Crippen LogP contribution in [0.2, 0.25) is 0 Å². The van der Waals surface area contributed by atoms with E-state index in [0.717, 1.165) is 10.3 Å². The summed E-state index contributed by atoms with van der Waals surface area (Å²) in [6.45, 7) is 0.329. The number of alkyl halides is 1. The van der Waals surface area contributed by atoms with Gasteiger partial charge in [-0.15, -0.1) is 11.6 Å². The van der Waals surface area contributed by atoms with Gasteiger partial charge in [0.05, 0.1) is 17.7 Å². The molecule has 2 N–H and O–H groups in total. The number of rotatable bonds is 5. The van der Waals surface area contributed by atoms with Gasteiger partial charge in [0.25, 0.3) is 0 Å². The molecule has 0 spiro atoms. The van der Waals surface area contributed by atoms with Gasteiger partial charge in [-0.2, -0.15) is 0 Å². The lowest BCUT2D eigenvalue weighted by atomic mass is 10.2. The van der Waals surface area contributed by atoms with E-state index in [0.29, 0.717) is 12.2 Å². The summed E-state index contributed by atoms with van der Waals surface area (Å²) >= 11 is 5.51. The monoisotopic (exact) mass is 312 g/mol. The van der Waals surface area contributed by atoms with Crippen molar-refractivity contribution in [3.8, 4) is 5.69 Å². The van der Waals surface area contributed by atoms with Crippen LogP contribution in [-0.4, -0.2) is 37.6 Å². The molecule has 0 saturated carbocycles. The first-order chi connectivity index (χ1) is 9.95. The Labute approximate surface area is 126 Å². The highest BCUT2D eigenvalue weighted by atomic mass is 35.5. The van der Waals surface area contributed by atoms with Gasteiger partial charge in [0.1, 0.15) is 0 Å². The lowest BCUT2D eigenvalue weighted by Crippen LogP contribution is -2.26. The van der Waals surface area contributed by atoms with Crippen LogP contribution in [0.4, 0.5) is 5.69 Å². The van der Waals surface area contributed by atoms with Gasteiger partial charge in [0.2, 0.25) is 0 Å². The van der Waals surface area contributed by atoms with Crippen molar-refractivity contribution < 1.29 is 5.11 Å². The van der Waals surface area contributed by atoms with Crippen molar-refractivity contribution in [1.29, 1.82) is 0 Å². The van der Waals surface area contributed by atoms with Crippen LogP contribution in [0, 0.1) is 0 Å². The molecule has 7 nitrogen and oxygen atoms in total. The SMILES string of the molecule is Cn1c(=O)n(-c2ccc(NCC(O)CCl)cc2)c(=O)n1C. The molecular formula is C13H17ClN4O3. The molecule has 1 heterocycles. The normalized spacial score (nSPS) is 12.4. The number of nitrogens with zero attached hydrogens (tertiary/aromatic N) is 3. The standard InChI is InChI=1S/C13H17ClN4O3/c1-16-12(20)18(13(21)17(16)2)10-5-3-9(4-6-10)15-8-11(19)7-14/h3-6,11,15,19H,7-8H2,1-2H3. The van der Waals surface area contributed by atoms with E-state index in [2.05, 4.69) is 5.32 Å². The van der Waals surface area contributed by atoms with Gasteiger partial charge in [-0.05, 0) is 24.3 Å². The van der Waals surface area contributed by atoms with Gasteiger partial charge in [0, 0.05) is 26.3 Å². The number of aliphatic hydroxyl groups is 1. The molecule has 0 radical (unpaired) electrons. The Morgan fingerprint density at radius 2 is 1.67 bits per heavy atom. The van der Waals surface area contributed by atoms with Crippen LogP contribution in [-0.2, 0) is 14.1 Å². The number of hydrogen-bond acceptors (Lipinski definition) is 4. The molecule has 2 aromatic rings.